The Hall–Kier alpha value is -3.03. The highest BCUT2D eigenvalue weighted by atomic mass is 32.2. The fraction of sp³-hybridized carbons (Fsp3) is 0.250. The van der Waals surface area contributed by atoms with E-state index in [1.807, 2.05) is 43.3 Å². The Kier molecular flexibility index (Phi) is 5.89. The van der Waals surface area contributed by atoms with Gasteiger partial charge in [-0.1, -0.05) is 35.9 Å². The number of hydrogen-bond acceptors (Lipinski definition) is 6. The van der Waals surface area contributed by atoms with Gasteiger partial charge in [0.05, 0.1) is 19.1 Å². The summed E-state index contributed by atoms with van der Waals surface area (Å²) in [6.45, 7) is 1.83. The smallest absolute Gasteiger partial charge is 0.297 e. The molecular weight excluding hydrogens is 416 g/mol. The summed E-state index contributed by atoms with van der Waals surface area (Å²) in [6.07, 6.45) is 0.145. The zero-order valence-electron chi connectivity index (χ0n) is 17.6. The number of methoxy groups -OCH3 is 2. The second-order valence-electron chi connectivity index (χ2n) is 7.36. The van der Waals surface area contributed by atoms with E-state index >= 15 is 0 Å². The highest BCUT2D eigenvalue weighted by Gasteiger charge is 2.29. The predicted molar refractivity (Wildman–Crippen MR) is 117 cm³/mol. The van der Waals surface area contributed by atoms with E-state index < -0.39 is 16.2 Å². The van der Waals surface area contributed by atoms with Crippen LogP contribution in [-0.4, -0.2) is 35.3 Å². The zero-order valence-corrected chi connectivity index (χ0v) is 18.4. The number of rotatable bonds is 7. The van der Waals surface area contributed by atoms with E-state index in [1.165, 1.54) is 0 Å². The summed E-state index contributed by atoms with van der Waals surface area (Å²) in [6, 6.07) is 18.0. The quantitative estimate of drug-likeness (QED) is 0.508. The average Bonchev–Trinajstić information content (AvgIpc) is 3.21. The Balaban J connectivity index is 1.55. The van der Waals surface area contributed by atoms with Crippen molar-refractivity contribution in [2.45, 2.75) is 24.3 Å². The summed E-state index contributed by atoms with van der Waals surface area (Å²) < 4.78 is 47.3. The number of ether oxygens (including phenoxy) is 3. The van der Waals surface area contributed by atoms with Crippen molar-refractivity contribution in [2.75, 3.05) is 20.8 Å². The molecule has 1 atom stereocenters. The lowest BCUT2D eigenvalue weighted by Gasteiger charge is -2.15. The Morgan fingerprint density at radius 1 is 0.968 bits per heavy atom. The SMILES string of the molecule is COc1ccc(OC)c(-c2cccc3c2OC(COS(=O)(=O)c2ccc(C)cc2)C3)c1. The van der Waals surface area contributed by atoms with E-state index in [2.05, 4.69) is 0 Å². The van der Waals surface area contributed by atoms with Gasteiger partial charge in [0.25, 0.3) is 10.1 Å². The van der Waals surface area contributed by atoms with E-state index in [-0.39, 0.29) is 11.5 Å². The molecule has 0 amide bonds. The summed E-state index contributed by atoms with van der Waals surface area (Å²) in [5.41, 5.74) is 3.67. The maximum Gasteiger partial charge on any atom is 0.297 e. The minimum absolute atomic E-state index is 0.0699. The van der Waals surface area contributed by atoms with Crippen molar-refractivity contribution < 1.29 is 26.8 Å². The van der Waals surface area contributed by atoms with Crippen LogP contribution in [0.25, 0.3) is 11.1 Å². The van der Waals surface area contributed by atoms with Crippen LogP contribution in [0.1, 0.15) is 11.1 Å². The lowest BCUT2D eigenvalue weighted by Crippen LogP contribution is -2.23. The van der Waals surface area contributed by atoms with Crippen molar-refractivity contribution in [3.05, 3.63) is 71.8 Å². The molecule has 0 saturated heterocycles. The van der Waals surface area contributed by atoms with Crippen LogP contribution in [0.3, 0.4) is 0 Å². The van der Waals surface area contributed by atoms with Crippen LogP contribution >= 0.6 is 0 Å². The molecule has 0 spiro atoms. The predicted octanol–water partition coefficient (Wildman–Crippen LogP) is 4.39. The molecule has 162 valence electrons. The maximum atomic E-state index is 12.5. The molecule has 1 aliphatic heterocycles. The van der Waals surface area contributed by atoms with Crippen LogP contribution in [0, 0.1) is 6.92 Å². The monoisotopic (exact) mass is 440 g/mol. The summed E-state index contributed by atoms with van der Waals surface area (Å²) in [4.78, 5) is 0.135. The first-order chi connectivity index (χ1) is 14.9. The van der Waals surface area contributed by atoms with Gasteiger partial charge in [-0.3, -0.25) is 4.18 Å². The first kappa shape index (κ1) is 21.2. The van der Waals surface area contributed by atoms with Crippen LogP contribution in [0.5, 0.6) is 17.2 Å². The third-order valence-corrected chi connectivity index (χ3v) is 6.54. The summed E-state index contributed by atoms with van der Waals surface area (Å²) in [5, 5.41) is 0. The molecule has 0 aromatic heterocycles. The van der Waals surface area contributed by atoms with E-state index in [4.69, 9.17) is 18.4 Å². The Labute approximate surface area is 182 Å². The first-order valence-corrected chi connectivity index (χ1v) is 11.3. The summed E-state index contributed by atoms with van der Waals surface area (Å²) in [7, 11) is -0.627. The van der Waals surface area contributed by atoms with Crippen molar-refractivity contribution in [1.82, 2.24) is 0 Å². The van der Waals surface area contributed by atoms with Crippen LogP contribution < -0.4 is 14.2 Å². The lowest BCUT2D eigenvalue weighted by atomic mass is 9.99. The molecule has 0 bridgehead atoms. The van der Waals surface area contributed by atoms with E-state index in [0.29, 0.717) is 23.7 Å². The number of benzene rings is 3. The Morgan fingerprint density at radius 3 is 2.45 bits per heavy atom. The van der Waals surface area contributed by atoms with Crippen molar-refractivity contribution in [2.24, 2.45) is 0 Å². The molecule has 31 heavy (non-hydrogen) atoms. The van der Waals surface area contributed by atoms with Gasteiger partial charge in [0.15, 0.2) is 0 Å². The van der Waals surface area contributed by atoms with E-state index in [1.54, 1.807) is 38.5 Å². The number of fused-ring (bicyclic) bond motifs is 1. The minimum Gasteiger partial charge on any atom is -0.497 e. The minimum atomic E-state index is -3.85. The largest absolute Gasteiger partial charge is 0.497 e. The molecule has 7 heteroatoms. The Morgan fingerprint density at radius 2 is 1.74 bits per heavy atom. The Bertz CT molecular complexity index is 1190. The van der Waals surface area contributed by atoms with Gasteiger partial charge in [-0.05, 0) is 42.8 Å². The van der Waals surface area contributed by atoms with Crippen molar-refractivity contribution in [1.29, 1.82) is 0 Å². The maximum absolute atomic E-state index is 12.5. The van der Waals surface area contributed by atoms with E-state index in [0.717, 1.165) is 22.3 Å². The average molecular weight is 441 g/mol. The fourth-order valence-corrected chi connectivity index (χ4v) is 4.54. The first-order valence-electron chi connectivity index (χ1n) is 9.88. The summed E-state index contributed by atoms with van der Waals surface area (Å²) in [5.74, 6) is 2.10. The fourth-order valence-electron chi connectivity index (χ4n) is 3.61. The van der Waals surface area contributed by atoms with Crippen molar-refractivity contribution >= 4 is 10.1 Å². The molecule has 3 aromatic rings. The molecular formula is C24H24O6S. The van der Waals surface area contributed by atoms with Crippen LogP contribution in [0.4, 0.5) is 0 Å². The molecule has 1 aliphatic rings. The van der Waals surface area contributed by atoms with E-state index in [9.17, 15) is 8.42 Å². The zero-order chi connectivity index (χ0) is 22.0. The molecule has 0 saturated carbocycles. The molecule has 0 fully saturated rings. The molecule has 0 N–H and O–H groups in total. The molecule has 3 aromatic carbocycles. The van der Waals surface area contributed by atoms with Gasteiger partial charge in [0.1, 0.15) is 30.0 Å². The van der Waals surface area contributed by atoms with Crippen LogP contribution in [0.2, 0.25) is 0 Å². The normalized spacial score (nSPS) is 15.3. The third-order valence-electron chi connectivity index (χ3n) is 5.24. The molecule has 1 unspecified atom stereocenters. The van der Waals surface area contributed by atoms with Crippen molar-refractivity contribution in [3.8, 4) is 28.4 Å². The molecule has 6 nitrogen and oxygen atoms in total. The number of hydrogen-bond donors (Lipinski definition) is 0. The third kappa shape index (κ3) is 4.38. The van der Waals surface area contributed by atoms with Crippen molar-refractivity contribution in [3.63, 3.8) is 0 Å². The van der Waals surface area contributed by atoms with Gasteiger partial charge < -0.3 is 14.2 Å². The lowest BCUT2D eigenvalue weighted by molar-refractivity contribution is 0.152. The molecule has 4 rings (SSSR count). The molecule has 1 heterocycles. The van der Waals surface area contributed by atoms with Crippen LogP contribution in [-0.2, 0) is 20.7 Å². The van der Waals surface area contributed by atoms with Gasteiger partial charge in [-0.2, -0.15) is 8.42 Å². The highest BCUT2D eigenvalue weighted by molar-refractivity contribution is 7.86. The highest BCUT2D eigenvalue weighted by Crippen LogP contribution is 2.43. The van der Waals surface area contributed by atoms with Crippen LogP contribution in [0.15, 0.2) is 65.6 Å². The second kappa shape index (κ2) is 8.61. The van der Waals surface area contributed by atoms with Gasteiger partial charge in [-0.15, -0.1) is 0 Å². The van der Waals surface area contributed by atoms with Gasteiger partial charge >= 0.3 is 0 Å². The number of aryl methyl sites for hydroxylation is 1. The topological polar surface area (TPSA) is 71.1 Å². The van der Waals surface area contributed by atoms with Gasteiger partial charge in [-0.25, -0.2) is 0 Å². The second-order valence-corrected chi connectivity index (χ2v) is 8.97. The molecule has 0 radical (unpaired) electrons. The van der Waals surface area contributed by atoms with Gasteiger partial charge in [0.2, 0.25) is 0 Å². The number of para-hydroxylation sites is 1. The van der Waals surface area contributed by atoms with Gasteiger partial charge in [0, 0.05) is 17.5 Å². The standard InChI is InChI=1S/C24H24O6S/c1-16-7-10-20(11-8-16)31(25,26)29-15-19-13-17-5-4-6-21(24(17)30-19)22-14-18(27-2)9-12-23(22)28-3/h4-12,14,19H,13,15H2,1-3H3. The summed E-state index contributed by atoms with van der Waals surface area (Å²) >= 11 is 0. The molecule has 0 aliphatic carbocycles.